The molecule has 0 unspecified atom stereocenters. The zero-order chi connectivity index (χ0) is 16.0. The Morgan fingerprint density at radius 3 is 2.50 bits per heavy atom. The van der Waals surface area contributed by atoms with Crippen molar-refractivity contribution < 1.29 is 17.9 Å². The van der Waals surface area contributed by atoms with Crippen molar-refractivity contribution in [3.8, 4) is 0 Å². The highest BCUT2D eigenvalue weighted by Crippen LogP contribution is 2.23. The summed E-state index contributed by atoms with van der Waals surface area (Å²) in [6.45, 7) is 1.99. The molecule has 22 heavy (non-hydrogen) atoms. The van der Waals surface area contributed by atoms with Gasteiger partial charge in [0.25, 0.3) is 0 Å². The van der Waals surface area contributed by atoms with Crippen molar-refractivity contribution in [2.75, 3.05) is 0 Å². The highest BCUT2D eigenvalue weighted by Gasteiger charge is 2.19. The van der Waals surface area contributed by atoms with Crippen molar-refractivity contribution in [3.63, 3.8) is 0 Å². The maximum atomic E-state index is 12.3. The first kappa shape index (κ1) is 16.8. The summed E-state index contributed by atoms with van der Waals surface area (Å²) >= 11 is 0. The van der Waals surface area contributed by atoms with Gasteiger partial charge in [0.2, 0.25) is 0 Å². The topological polar surface area (TPSA) is 67.5 Å². The monoisotopic (exact) mass is 322 g/mol. The summed E-state index contributed by atoms with van der Waals surface area (Å²) in [4.78, 5) is 0.282. The molecule has 0 spiro atoms. The van der Waals surface area contributed by atoms with E-state index in [9.17, 15) is 13.5 Å². The highest BCUT2D eigenvalue weighted by atomic mass is 32.2. The van der Waals surface area contributed by atoms with Crippen molar-refractivity contribution in [3.05, 3.63) is 53.5 Å². The molecule has 0 aliphatic carbocycles. The quantitative estimate of drug-likeness (QED) is 0.756. The van der Waals surface area contributed by atoms with Crippen LogP contribution in [0.4, 0.5) is 0 Å². The van der Waals surface area contributed by atoms with Gasteiger partial charge in [-0.15, -0.1) is 0 Å². The fourth-order valence-electron chi connectivity index (χ4n) is 2.38. The average Bonchev–Trinajstić information content (AvgIpc) is 2.89. The van der Waals surface area contributed by atoms with E-state index in [0.29, 0.717) is 17.1 Å². The van der Waals surface area contributed by atoms with E-state index in [0.717, 1.165) is 25.7 Å². The molecule has 1 N–H and O–H groups in total. The first-order chi connectivity index (χ1) is 10.6. The van der Waals surface area contributed by atoms with E-state index in [1.54, 1.807) is 36.4 Å². The molecular formula is C17H22O4S. The van der Waals surface area contributed by atoms with Gasteiger partial charge >= 0.3 is 0 Å². The Kier molecular flexibility index (Phi) is 5.80. The summed E-state index contributed by atoms with van der Waals surface area (Å²) in [5.74, 6) is 0.909. The molecule has 0 amide bonds. The summed E-state index contributed by atoms with van der Waals surface area (Å²) in [6.07, 6.45) is 3.89. The van der Waals surface area contributed by atoms with Gasteiger partial charge in [0.05, 0.1) is 11.5 Å². The fraction of sp³-hybridized carbons (Fsp3) is 0.412. The molecule has 1 aromatic heterocycles. The third kappa shape index (κ3) is 4.21. The molecule has 5 heteroatoms. The second-order valence-electron chi connectivity index (χ2n) is 5.35. The molecule has 2 rings (SSSR count). The minimum absolute atomic E-state index is 0.129. The lowest BCUT2D eigenvalue weighted by atomic mass is 10.1. The number of hydrogen-bond acceptors (Lipinski definition) is 4. The van der Waals surface area contributed by atoms with Gasteiger partial charge < -0.3 is 9.52 Å². The van der Waals surface area contributed by atoms with Crippen LogP contribution in [-0.4, -0.2) is 13.5 Å². The molecule has 4 nitrogen and oxygen atoms in total. The maximum Gasteiger partial charge on any atom is 0.185 e. The fourth-order valence-corrected chi connectivity index (χ4v) is 3.63. The van der Waals surface area contributed by atoms with E-state index in [-0.39, 0.29) is 17.3 Å². The van der Waals surface area contributed by atoms with Gasteiger partial charge in [-0.1, -0.05) is 38.0 Å². The molecule has 1 aromatic carbocycles. The van der Waals surface area contributed by atoms with Gasteiger partial charge in [-0.2, -0.15) is 0 Å². The van der Waals surface area contributed by atoms with Gasteiger partial charge in [0.15, 0.2) is 9.84 Å². The minimum atomic E-state index is -3.43. The van der Waals surface area contributed by atoms with Crippen molar-refractivity contribution in [2.45, 2.75) is 49.9 Å². The summed E-state index contributed by atoms with van der Waals surface area (Å²) in [5.41, 5.74) is 0.689. The van der Waals surface area contributed by atoms with Crippen LogP contribution in [0, 0.1) is 0 Å². The molecule has 0 saturated carbocycles. The Labute approximate surface area is 131 Å². The van der Waals surface area contributed by atoms with E-state index >= 15 is 0 Å². The molecule has 120 valence electrons. The van der Waals surface area contributed by atoms with Gasteiger partial charge in [-0.25, -0.2) is 8.42 Å². The van der Waals surface area contributed by atoms with Crippen LogP contribution in [0.5, 0.6) is 0 Å². The lowest BCUT2D eigenvalue weighted by Crippen LogP contribution is -2.03. The molecule has 0 atom stereocenters. The van der Waals surface area contributed by atoms with Gasteiger partial charge in [-0.3, -0.25) is 0 Å². The number of aliphatic hydroxyl groups excluding tert-OH is 1. The lowest BCUT2D eigenvalue weighted by Gasteiger charge is -2.02. The molecular weight excluding hydrogens is 300 g/mol. The van der Waals surface area contributed by atoms with Crippen LogP contribution in [0.25, 0.3) is 0 Å². The van der Waals surface area contributed by atoms with Crippen LogP contribution in [-0.2, 0) is 28.6 Å². The normalized spacial score (nSPS) is 11.7. The molecule has 0 aliphatic rings. The summed E-state index contributed by atoms with van der Waals surface area (Å²) in [6, 6.07) is 9.98. The third-order valence-corrected chi connectivity index (χ3v) is 5.21. The predicted molar refractivity (Wildman–Crippen MR) is 85.2 cm³/mol. The molecule has 0 bridgehead atoms. The molecule has 0 radical (unpaired) electrons. The molecule has 1 heterocycles. The number of hydrogen-bond donors (Lipinski definition) is 1. The average molecular weight is 322 g/mol. The van der Waals surface area contributed by atoms with E-state index in [4.69, 9.17) is 4.42 Å². The van der Waals surface area contributed by atoms with Crippen LogP contribution < -0.4 is 0 Å². The molecule has 2 aromatic rings. The van der Waals surface area contributed by atoms with E-state index in [1.165, 1.54) is 0 Å². The molecule has 0 aliphatic heterocycles. The number of sulfone groups is 1. The molecule has 0 saturated heterocycles. The number of aryl methyl sites for hydroxylation is 1. The van der Waals surface area contributed by atoms with Crippen LogP contribution in [0.15, 0.2) is 45.7 Å². The zero-order valence-corrected chi connectivity index (χ0v) is 13.6. The smallest absolute Gasteiger partial charge is 0.185 e. The number of benzene rings is 1. The first-order valence-electron chi connectivity index (χ1n) is 7.56. The van der Waals surface area contributed by atoms with Crippen LogP contribution in [0.1, 0.15) is 43.3 Å². The first-order valence-corrected chi connectivity index (χ1v) is 9.21. The Balaban J connectivity index is 2.16. The lowest BCUT2D eigenvalue weighted by molar-refractivity contribution is 0.277. The number of furan rings is 1. The van der Waals surface area contributed by atoms with Crippen molar-refractivity contribution in [2.24, 2.45) is 0 Å². The Morgan fingerprint density at radius 1 is 1.14 bits per heavy atom. The van der Waals surface area contributed by atoms with E-state index < -0.39 is 9.84 Å². The summed E-state index contributed by atoms with van der Waals surface area (Å²) in [7, 11) is -3.43. The van der Waals surface area contributed by atoms with Crippen LogP contribution >= 0.6 is 0 Å². The van der Waals surface area contributed by atoms with Gasteiger partial charge in [0.1, 0.15) is 17.3 Å². The minimum Gasteiger partial charge on any atom is -0.465 e. The van der Waals surface area contributed by atoms with Crippen molar-refractivity contribution in [1.82, 2.24) is 0 Å². The van der Waals surface area contributed by atoms with Crippen molar-refractivity contribution in [1.29, 1.82) is 0 Å². The van der Waals surface area contributed by atoms with Gasteiger partial charge in [0, 0.05) is 12.0 Å². The number of rotatable bonds is 8. The Hall–Kier alpha value is -1.59. The second-order valence-corrected chi connectivity index (χ2v) is 7.34. The summed E-state index contributed by atoms with van der Waals surface area (Å²) < 4.78 is 30.4. The second kappa shape index (κ2) is 7.61. The largest absolute Gasteiger partial charge is 0.465 e. The van der Waals surface area contributed by atoms with E-state index in [1.807, 2.05) is 0 Å². The van der Waals surface area contributed by atoms with Crippen molar-refractivity contribution >= 4 is 9.84 Å². The predicted octanol–water partition coefficient (Wildman–Crippen LogP) is 3.48. The van der Waals surface area contributed by atoms with Crippen LogP contribution in [0.3, 0.4) is 0 Å². The van der Waals surface area contributed by atoms with Crippen LogP contribution in [0.2, 0.25) is 0 Å². The standard InChI is InChI=1S/C17H22O4S/c1-2-3-5-10-17-14(12-18)11-15(21-17)13-22(19,20)16-8-6-4-7-9-16/h4,6-9,11,18H,2-3,5,10,12-13H2,1H3. The SMILES string of the molecule is CCCCCc1oc(CS(=O)(=O)c2ccccc2)cc1CO. The van der Waals surface area contributed by atoms with Gasteiger partial charge in [-0.05, 0) is 24.6 Å². The number of aliphatic hydroxyl groups is 1. The summed E-state index contributed by atoms with van der Waals surface area (Å²) in [5, 5.41) is 9.39. The molecule has 0 fully saturated rings. The maximum absolute atomic E-state index is 12.3. The Morgan fingerprint density at radius 2 is 1.86 bits per heavy atom. The number of unbranched alkanes of at least 4 members (excludes halogenated alkanes) is 2. The highest BCUT2D eigenvalue weighted by molar-refractivity contribution is 7.90. The van der Waals surface area contributed by atoms with E-state index in [2.05, 4.69) is 6.92 Å². The zero-order valence-electron chi connectivity index (χ0n) is 12.8. The Bertz CT molecular complexity index is 687. The third-order valence-electron chi connectivity index (χ3n) is 3.56.